The second kappa shape index (κ2) is 15.4. The molecule has 0 aliphatic rings. The molecule has 1 rings (SSSR count). The van der Waals surface area contributed by atoms with Gasteiger partial charge in [-0.1, -0.05) is 44.6 Å². The van der Waals surface area contributed by atoms with Crippen LogP contribution in [-0.2, 0) is 6.61 Å². The molecule has 0 saturated heterocycles. The van der Waals surface area contributed by atoms with Gasteiger partial charge in [-0.05, 0) is 36.3 Å². The number of methoxy groups -OCH3 is 1. The molecule has 144 valence electrons. The third-order valence-corrected chi connectivity index (χ3v) is 5.14. The van der Waals surface area contributed by atoms with E-state index in [0.29, 0.717) is 19.0 Å². The van der Waals surface area contributed by atoms with Gasteiger partial charge < -0.3 is 19.7 Å². The van der Waals surface area contributed by atoms with Gasteiger partial charge in [0.15, 0.2) is 11.5 Å². The van der Waals surface area contributed by atoms with Crippen LogP contribution in [0.25, 0.3) is 0 Å². The van der Waals surface area contributed by atoms with E-state index in [1.54, 1.807) is 7.11 Å². The summed E-state index contributed by atoms with van der Waals surface area (Å²) in [7, 11) is 1.62. The fraction of sp³-hybridized carbons (Fsp3) is 0.700. The monoisotopic (exact) mass is 370 g/mol. The first kappa shape index (κ1) is 22.1. The molecule has 0 unspecified atom stereocenters. The van der Waals surface area contributed by atoms with Crippen LogP contribution in [0.15, 0.2) is 18.2 Å². The number of unbranched alkanes of at least 4 members (excludes halogenated alkanes) is 7. The van der Waals surface area contributed by atoms with Crippen LogP contribution in [0.1, 0.15) is 56.9 Å². The number of aliphatic hydroxyl groups is 2. The lowest BCUT2D eigenvalue weighted by molar-refractivity contribution is 0.274. The molecule has 0 amide bonds. The van der Waals surface area contributed by atoms with Crippen molar-refractivity contribution < 1.29 is 19.7 Å². The average Bonchev–Trinajstić information content (AvgIpc) is 2.65. The van der Waals surface area contributed by atoms with Crippen LogP contribution in [0.2, 0.25) is 0 Å². The molecule has 0 atom stereocenters. The predicted molar refractivity (Wildman–Crippen MR) is 106 cm³/mol. The Morgan fingerprint density at radius 2 is 1.52 bits per heavy atom. The third-order valence-electron chi connectivity index (χ3n) is 4.09. The van der Waals surface area contributed by atoms with E-state index in [1.165, 1.54) is 50.7 Å². The number of hydrogen-bond donors (Lipinski definition) is 2. The summed E-state index contributed by atoms with van der Waals surface area (Å²) in [5, 5.41) is 17.8. The summed E-state index contributed by atoms with van der Waals surface area (Å²) in [6.45, 7) is 1.02. The number of hydrogen-bond acceptors (Lipinski definition) is 5. The maximum absolute atomic E-state index is 9.14. The van der Waals surface area contributed by atoms with E-state index in [4.69, 9.17) is 19.7 Å². The lowest BCUT2D eigenvalue weighted by atomic mass is 10.1. The molecule has 0 aromatic heterocycles. The van der Waals surface area contributed by atoms with Gasteiger partial charge in [0.25, 0.3) is 0 Å². The van der Waals surface area contributed by atoms with Crippen molar-refractivity contribution in [1.82, 2.24) is 0 Å². The Labute approximate surface area is 156 Å². The molecular weight excluding hydrogens is 336 g/mol. The van der Waals surface area contributed by atoms with Crippen LogP contribution in [-0.4, -0.2) is 42.0 Å². The second-order valence-electron chi connectivity index (χ2n) is 6.16. The smallest absolute Gasteiger partial charge is 0.161 e. The molecule has 0 heterocycles. The highest BCUT2D eigenvalue weighted by molar-refractivity contribution is 7.99. The molecule has 25 heavy (non-hydrogen) atoms. The molecule has 0 saturated carbocycles. The molecule has 5 heteroatoms. The normalized spacial score (nSPS) is 10.8. The molecule has 1 aromatic rings. The minimum absolute atomic E-state index is 0.0120. The topological polar surface area (TPSA) is 58.9 Å². The standard InChI is InChI=1S/C20H34O4S/c1-23-20-16-18(17-22)10-11-19(20)24-13-8-6-4-2-3-5-7-9-14-25-15-12-21/h10-11,16,21-22H,2-9,12-15,17H2,1H3. The summed E-state index contributed by atoms with van der Waals surface area (Å²) < 4.78 is 11.1. The SMILES string of the molecule is COc1cc(CO)ccc1OCCCCCCCCCCSCCO. The van der Waals surface area contributed by atoms with Crippen LogP contribution in [0.4, 0.5) is 0 Å². The number of ether oxygens (including phenoxy) is 2. The fourth-order valence-corrected chi connectivity index (χ4v) is 3.39. The van der Waals surface area contributed by atoms with E-state index in [-0.39, 0.29) is 6.61 Å². The van der Waals surface area contributed by atoms with Gasteiger partial charge in [0.1, 0.15) is 0 Å². The van der Waals surface area contributed by atoms with E-state index >= 15 is 0 Å². The van der Waals surface area contributed by atoms with E-state index in [9.17, 15) is 0 Å². The zero-order chi connectivity index (χ0) is 18.2. The molecule has 0 aliphatic heterocycles. The summed E-state index contributed by atoms with van der Waals surface area (Å²) in [5.41, 5.74) is 0.830. The Hall–Kier alpha value is -0.910. The maximum Gasteiger partial charge on any atom is 0.161 e. The fourth-order valence-electron chi connectivity index (χ4n) is 2.65. The highest BCUT2D eigenvalue weighted by Crippen LogP contribution is 2.28. The Bertz CT molecular complexity index is 440. The molecule has 0 fully saturated rings. The van der Waals surface area contributed by atoms with E-state index in [1.807, 2.05) is 30.0 Å². The molecule has 0 bridgehead atoms. The largest absolute Gasteiger partial charge is 0.493 e. The van der Waals surface area contributed by atoms with Crippen molar-refractivity contribution in [3.05, 3.63) is 23.8 Å². The van der Waals surface area contributed by atoms with Crippen molar-refractivity contribution in [3.63, 3.8) is 0 Å². The first-order valence-electron chi connectivity index (χ1n) is 9.41. The number of rotatable bonds is 16. The summed E-state index contributed by atoms with van der Waals surface area (Å²) in [5.74, 6) is 3.49. The quantitative estimate of drug-likeness (QED) is 0.422. The van der Waals surface area contributed by atoms with Crippen LogP contribution in [0.3, 0.4) is 0 Å². The lowest BCUT2D eigenvalue weighted by Gasteiger charge is -2.11. The van der Waals surface area contributed by atoms with Crippen LogP contribution >= 0.6 is 11.8 Å². The van der Waals surface area contributed by atoms with Crippen molar-refractivity contribution >= 4 is 11.8 Å². The zero-order valence-corrected chi connectivity index (χ0v) is 16.4. The Morgan fingerprint density at radius 3 is 2.16 bits per heavy atom. The summed E-state index contributed by atoms with van der Waals surface area (Å²) in [6.07, 6.45) is 10.1. The third kappa shape index (κ3) is 10.6. The van der Waals surface area contributed by atoms with Crippen molar-refractivity contribution in [3.8, 4) is 11.5 Å². The van der Waals surface area contributed by atoms with E-state index in [0.717, 1.165) is 23.5 Å². The number of thioether (sulfide) groups is 1. The Kier molecular flexibility index (Phi) is 13.6. The van der Waals surface area contributed by atoms with Crippen molar-refractivity contribution in [2.75, 3.05) is 31.8 Å². The zero-order valence-electron chi connectivity index (χ0n) is 15.5. The van der Waals surface area contributed by atoms with Gasteiger partial charge in [0, 0.05) is 5.75 Å². The van der Waals surface area contributed by atoms with Gasteiger partial charge in [-0.15, -0.1) is 0 Å². The second-order valence-corrected chi connectivity index (χ2v) is 7.38. The van der Waals surface area contributed by atoms with Gasteiger partial charge in [0.05, 0.1) is 26.9 Å². The highest BCUT2D eigenvalue weighted by atomic mass is 32.2. The highest BCUT2D eigenvalue weighted by Gasteiger charge is 2.05. The van der Waals surface area contributed by atoms with Crippen LogP contribution < -0.4 is 9.47 Å². The van der Waals surface area contributed by atoms with Crippen molar-refractivity contribution in [2.24, 2.45) is 0 Å². The van der Waals surface area contributed by atoms with Crippen molar-refractivity contribution in [2.45, 2.75) is 58.0 Å². The Balaban J connectivity index is 1.97. The molecule has 1 aromatic carbocycles. The van der Waals surface area contributed by atoms with Crippen LogP contribution in [0, 0.1) is 0 Å². The summed E-state index contributed by atoms with van der Waals surface area (Å²) >= 11 is 1.85. The lowest BCUT2D eigenvalue weighted by Crippen LogP contribution is -2.00. The summed E-state index contributed by atoms with van der Waals surface area (Å²) in [4.78, 5) is 0. The van der Waals surface area contributed by atoms with Gasteiger partial charge >= 0.3 is 0 Å². The molecular formula is C20H34O4S. The van der Waals surface area contributed by atoms with E-state index in [2.05, 4.69) is 0 Å². The van der Waals surface area contributed by atoms with E-state index < -0.39 is 0 Å². The van der Waals surface area contributed by atoms with Crippen molar-refractivity contribution in [1.29, 1.82) is 0 Å². The van der Waals surface area contributed by atoms with Gasteiger partial charge in [-0.2, -0.15) is 11.8 Å². The predicted octanol–water partition coefficient (Wildman–Crippen LogP) is 4.41. The molecule has 0 radical (unpaired) electrons. The molecule has 0 spiro atoms. The summed E-state index contributed by atoms with van der Waals surface area (Å²) in [6, 6.07) is 5.54. The first-order chi connectivity index (χ1) is 12.3. The van der Waals surface area contributed by atoms with Crippen LogP contribution in [0.5, 0.6) is 11.5 Å². The molecule has 2 N–H and O–H groups in total. The molecule has 4 nitrogen and oxygen atoms in total. The maximum atomic E-state index is 9.14. The minimum atomic E-state index is 0.0120. The number of benzene rings is 1. The van der Waals surface area contributed by atoms with Gasteiger partial charge in [-0.3, -0.25) is 0 Å². The minimum Gasteiger partial charge on any atom is -0.493 e. The average molecular weight is 371 g/mol. The first-order valence-corrected chi connectivity index (χ1v) is 10.6. The van der Waals surface area contributed by atoms with Gasteiger partial charge in [0.2, 0.25) is 0 Å². The van der Waals surface area contributed by atoms with Gasteiger partial charge in [-0.25, -0.2) is 0 Å². The molecule has 0 aliphatic carbocycles. The number of aliphatic hydroxyl groups excluding tert-OH is 2. The Morgan fingerprint density at radius 1 is 0.840 bits per heavy atom.